The molecule has 2 nitrogen and oxygen atoms in total. The highest BCUT2D eigenvalue weighted by molar-refractivity contribution is 9.10. The summed E-state index contributed by atoms with van der Waals surface area (Å²) in [6, 6.07) is 9.46. The molecule has 2 aromatic carbocycles. The van der Waals surface area contributed by atoms with Gasteiger partial charge in [0.05, 0.1) is 9.50 Å². The lowest BCUT2D eigenvalue weighted by atomic mass is 10.1. The van der Waals surface area contributed by atoms with E-state index in [-0.39, 0.29) is 11.9 Å². The van der Waals surface area contributed by atoms with E-state index in [0.29, 0.717) is 21.0 Å². The zero-order valence-electron chi connectivity index (χ0n) is 10.2. The second-order valence-corrected chi connectivity index (χ2v) is 5.42. The topological polar surface area (TPSA) is 35.2 Å². The lowest BCUT2D eigenvalue weighted by molar-refractivity contribution is 0.477. The van der Waals surface area contributed by atoms with Crippen molar-refractivity contribution < 1.29 is 9.13 Å². The van der Waals surface area contributed by atoms with E-state index < -0.39 is 0 Å². The van der Waals surface area contributed by atoms with Gasteiger partial charge in [0.2, 0.25) is 0 Å². The Hall–Kier alpha value is -1.10. The Labute approximate surface area is 124 Å². The molecule has 2 rings (SSSR count). The first-order valence-corrected chi connectivity index (χ1v) is 6.82. The van der Waals surface area contributed by atoms with E-state index in [0.717, 1.165) is 5.56 Å². The molecule has 19 heavy (non-hydrogen) atoms. The van der Waals surface area contributed by atoms with Gasteiger partial charge in [-0.05, 0) is 58.7 Å². The van der Waals surface area contributed by atoms with Crippen molar-refractivity contribution in [1.29, 1.82) is 0 Å². The van der Waals surface area contributed by atoms with Crippen LogP contribution in [0.5, 0.6) is 11.5 Å². The Morgan fingerprint density at radius 2 is 1.89 bits per heavy atom. The molecule has 2 aromatic rings. The standard InChI is InChI=1S/C14H12BrClFNO/c1-8(18)9-2-4-14(12(16)6-9)19-13-5-3-10(17)7-11(13)15/h2-8H,18H2,1H3/t8-/m0/s1. The summed E-state index contributed by atoms with van der Waals surface area (Å²) in [6.07, 6.45) is 0. The van der Waals surface area contributed by atoms with Crippen LogP contribution in [0, 0.1) is 5.82 Å². The van der Waals surface area contributed by atoms with Gasteiger partial charge in [-0.15, -0.1) is 0 Å². The molecule has 0 unspecified atom stereocenters. The number of benzene rings is 2. The van der Waals surface area contributed by atoms with Gasteiger partial charge in [0.1, 0.15) is 17.3 Å². The normalized spacial score (nSPS) is 12.3. The number of rotatable bonds is 3. The third-order valence-electron chi connectivity index (χ3n) is 2.60. The second-order valence-electron chi connectivity index (χ2n) is 4.16. The molecule has 0 heterocycles. The van der Waals surface area contributed by atoms with Gasteiger partial charge in [-0.1, -0.05) is 17.7 Å². The van der Waals surface area contributed by atoms with Gasteiger partial charge in [0.25, 0.3) is 0 Å². The van der Waals surface area contributed by atoms with Gasteiger partial charge < -0.3 is 10.5 Å². The maximum atomic E-state index is 13.0. The molecule has 0 saturated carbocycles. The molecule has 0 bridgehead atoms. The average molecular weight is 345 g/mol. The van der Waals surface area contributed by atoms with E-state index in [2.05, 4.69) is 15.9 Å². The Balaban J connectivity index is 2.28. The summed E-state index contributed by atoms with van der Waals surface area (Å²) in [5.74, 6) is 0.660. The highest BCUT2D eigenvalue weighted by atomic mass is 79.9. The predicted octanol–water partition coefficient (Wildman–Crippen LogP) is 5.05. The Bertz CT molecular complexity index is 604. The van der Waals surface area contributed by atoms with Crippen LogP contribution < -0.4 is 10.5 Å². The maximum absolute atomic E-state index is 13.0. The minimum Gasteiger partial charge on any atom is -0.455 e. The zero-order chi connectivity index (χ0) is 14.0. The smallest absolute Gasteiger partial charge is 0.146 e. The van der Waals surface area contributed by atoms with Gasteiger partial charge in [-0.3, -0.25) is 0 Å². The third-order valence-corrected chi connectivity index (χ3v) is 3.51. The average Bonchev–Trinajstić information content (AvgIpc) is 2.34. The number of halogens is 3. The summed E-state index contributed by atoms with van der Waals surface area (Å²) in [7, 11) is 0. The quantitative estimate of drug-likeness (QED) is 0.845. The highest BCUT2D eigenvalue weighted by Gasteiger charge is 2.09. The third kappa shape index (κ3) is 3.47. The zero-order valence-corrected chi connectivity index (χ0v) is 12.5. The Kier molecular flexibility index (Phi) is 4.45. The second kappa shape index (κ2) is 5.90. The fraction of sp³-hybridized carbons (Fsp3) is 0.143. The Morgan fingerprint density at radius 1 is 1.21 bits per heavy atom. The molecular weight excluding hydrogens is 333 g/mol. The van der Waals surface area contributed by atoms with Crippen LogP contribution in [0.3, 0.4) is 0 Å². The highest BCUT2D eigenvalue weighted by Crippen LogP contribution is 2.35. The predicted molar refractivity (Wildman–Crippen MR) is 78.2 cm³/mol. The number of ether oxygens (including phenoxy) is 1. The number of hydrogen-bond acceptors (Lipinski definition) is 2. The first kappa shape index (κ1) is 14.3. The van der Waals surface area contributed by atoms with Gasteiger partial charge >= 0.3 is 0 Å². The molecule has 0 fully saturated rings. The SMILES string of the molecule is C[C@H](N)c1ccc(Oc2ccc(F)cc2Br)c(Cl)c1. The van der Waals surface area contributed by atoms with Gasteiger partial charge in [0.15, 0.2) is 0 Å². The molecule has 5 heteroatoms. The van der Waals surface area contributed by atoms with E-state index in [1.165, 1.54) is 18.2 Å². The molecule has 0 aromatic heterocycles. The Morgan fingerprint density at radius 3 is 2.47 bits per heavy atom. The van der Waals surface area contributed by atoms with Gasteiger partial charge in [-0.2, -0.15) is 0 Å². The summed E-state index contributed by atoms with van der Waals surface area (Å²) >= 11 is 9.38. The van der Waals surface area contributed by atoms with Crippen LogP contribution in [0.25, 0.3) is 0 Å². The van der Waals surface area contributed by atoms with Crippen molar-refractivity contribution in [3.05, 3.63) is 57.3 Å². The first-order valence-electron chi connectivity index (χ1n) is 5.65. The van der Waals surface area contributed by atoms with Gasteiger partial charge in [-0.25, -0.2) is 4.39 Å². The lowest BCUT2D eigenvalue weighted by Crippen LogP contribution is -2.04. The van der Waals surface area contributed by atoms with Crippen molar-refractivity contribution in [1.82, 2.24) is 0 Å². The minimum absolute atomic E-state index is 0.0934. The summed E-state index contributed by atoms with van der Waals surface area (Å²) in [5, 5.41) is 0.464. The molecule has 0 radical (unpaired) electrons. The largest absolute Gasteiger partial charge is 0.455 e. The van der Waals surface area contributed by atoms with Crippen molar-refractivity contribution in [2.24, 2.45) is 5.73 Å². The summed E-state index contributed by atoms with van der Waals surface area (Å²) in [5.41, 5.74) is 6.70. The molecule has 1 atom stereocenters. The van der Waals surface area contributed by atoms with Crippen molar-refractivity contribution in [3.63, 3.8) is 0 Å². The van der Waals surface area contributed by atoms with Crippen LogP contribution in [0.4, 0.5) is 4.39 Å². The molecule has 0 amide bonds. The van der Waals surface area contributed by atoms with Crippen LogP contribution >= 0.6 is 27.5 Å². The molecule has 0 saturated heterocycles. The van der Waals surface area contributed by atoms with Crippen molar-refractivity contribution in [2.45, 2.75) is 13.0 Å². The summed E-state index contributed by atoms with van der Waals surface area (Å²) < 4.78 is 19.2. The van der Waals surface area contributed by atoms with E-state index in [1.807, 2.05) is 13.0 Å². The molecular formula is C14H12BrClFNO. The summed E-state index contributed by atoms with van der Waals surface area (Å²) in [6.45, 7) is 1.88. The van der Waals surface area contributed by atoms with E-state index in [9.17, 15) is 4.39 Å². The van der Waals surface area contributed by atoms with Crippen LogP contribution in [-0.4, -0.2) is 0 Å². The fourth-order valence-corrected chi connectivity index (χ4v) is 2.22. The molecule has 0 aliphatic heterocycles. The molecule has 0 aliphatic carbocycles. The van der Waals surface area contributed by atoms with Crippen molar-refractivity contribution in [3.8, 4) is 11.5 Å². The van der Waals surface area contributed by atoms with E-state index in [1.54, 1.807) is 12.1 Å². The molecule has 100 valence electrons. The lowest BCUT2D eigenvalue weighted by Gasteiger charge is -2.12. The van der Waals surface area contributed by atoms with Crippen LogP contribution in [0.15, 0.2) is 40.9 Å². The van der Waals surface area contributed by atoms with Crippen molar-refractivity contribution in [2.75, 3.05) is 0 Å². The van der Waals surface area contributed by atoms with E-state index >= 15 is 0 Å². The van der Waals surface area contributed by atoms with Crippen LogP contribution in [0.1, 0.15) is 18.5 Å². The maximum Gasteiger partial charge on any atom is 0.146 e. The minimum atomic E-state index is -0.336. The van der Waals surface area contributed by atoms with Crippen molar-refractivity contribution >= 4 is 27.5 Å². The molecule has 0 aliphatic rings. The molecule has 0 spiro atoms. The van der Waals surface area contributed by atoms with Crippen LogP contribution in [0.2, 0.25) is 5.02 Å². The monoisotopic (exact) mass is 343 g/mol. The first-order chi connectivity index (χ1) is 8.97. The number of nitrogens with two attached hydrogens (primary N) is 1. The van der Waals surface area contributed by atoms with Crippen LogP contribution in [-0.2, 0) is 0 Å². The summed E-state index contributed by atoms with van der Waals surface area (Å²) in [4.78, 5) is 0. The van der Waals surface area contributed by atoms with E-state index in [4.69, 9.17) is 22.1 Å². The fourth-order valence-electron chi connectivity index (χ4n) is 1.56. The molecule has 2 N–H and O–H groups in total. The number of hydrogen-bond donors (Lipinski definition) is 1. The van der Waals surface area contributed by atoms with Gasteiger partial charge in [0, 0.05) is 6.04 Å².